The molecule has 0 bridgehead atoms. The molecule has 0 aliphatic heterocycles. The van der Waals surface area contributed by atoms with Gasteiger partial charge >= 0.3 is 0 Å². The molecule has 0 spiro atoms. The summed E-state index contributed by atoms with van der Waals surface area (Å²) in [6.45, 7) is 6.35. The lowest BCUT2D eigenvalue weighted by Gasteiger charge is -2.27. The lowest BCUT2D eigenvalue weighted by molar-refractivity contribution is 0.0110. The largest absolute Gasteiger partial charge is 0.384 e. The van der Waals surface area contributed by atoms with E-state index in [4.69, 9.17) is 9.47 Å². The standard InChI is InChI=1S/C11H22O2/c1-9-5-11(7-12-3,8-13-4)6-10(9)2/h9-10H,5-8H2,1-4H3/t9-,10-/m1/s1. The van der Waals surface area contributed by atoms with Gasteiger partial charge in [-0.1, -0.05) is 13.8 Å². The number of hydrogen-bond acceptors (Lipinski definition) is 2. The van der Waals surface area contributed by atoms with Gasteiger partial charge in [0.2, 0.25) is 0 Å². The van der Waals surface area contributed by atoms with E-state index < -0.39 is 0 Å². The second kappa shape index (κ2) is 4.43. The number of methoxy groups -OCH3 is 2. The molecule has 2 atom stereocenters. The molecule has 0 saturated heterocycles. The van der Waals surface area contributed by atoms with E-state index in [1.165, 1.54) is 12.8 Å². The lowest BCUT2D eigenvalue weighted by Crippen LogP contribution is -2.29. The Morgan fingerprint density at radius 1 is 1.00 bits per heavy atom. The summed E-state index contributed by atoms with van der Waals surface area (Å²) in [4.78, 5) is 0. The van der Waals surface area contributed by atoms with Gasteiger partial charge in [0.25, 0.3) is 0 Å². The van der Waals surface area contributed by atoms with Crippen molar-refractivity contribution in [2.75, 3.05) is 27.4 Å². The molecule has 0 heterocycles. The highest BCUT2D eigenvalue weighted by Gasteiger charge is 2.41. The van der Waals surface area contributed by atoms with Gasteiger partial charge in [0.15, 0.2) is 0 Å². The molecule has 0 aromatic carbocycles. The van der Waals surface area contributed by atoms with Crippen molar-refractivity contribution in [2.45, 2.75) is 26.7 Å². The summed E-state index contributed by atoms with van der Waals surface area (Å²) in [6.07, 6.45) is 2.49. The van der Waals surface area contributed by atoms with Gasteiger partial charge in [0.05, 0.1) is 13.2 Å². The number of hydrogen-bond donors (Lipinski definition) is 0. The molecule has 1 rings (SSSR count). The smallest absolute Gasteiger partial charge is 0.0540 e. The second-order valence-electron chi connectivity index (χ2n) is 4.73. The minimum Gasteiger partial charge on any atom is -0.384 e. The minimum absolute atomic E-state index is 0.294. The molecule has 1 saturated carbocycles. The maximum Gasteiger partial charge on any atom is 0.0540 e. The van der Waals surface area contributed by atoms with Crippen LogP contribution in [0.1, 0.15) is 26.7 Å². The first-order valence-electron chi connectivity index (χ1n) is 5.11. The molecule has 0 unspecified atom stereocenters. The summed E-state index contributed by atoms with van der Waals surface area (Å²) in [5, 5.41) is 0. The Labute approximate surface area is 81.6 Å². The van der Waals surface area contributed by atoms with Gasteiger partial charge in [0, 0.05) is 19.6 Å². The van der Waals surface area contributed by atoms with Gasteiger partial charge < -0.3 is 9.47 Å². The first-order chi connectivity index (χ1) is 6.13. The third kappa shape index (κ3) is 2.44. The molecule has 78 valence electrons. The first kappa shape index (κ1) is 11.0. The summed E-state index contributed by atoms with van der Waals surface area (Å²) >= 11 is 0. The molecular weight excluding hydrogens is 164 g/mol. The van der Waals surface area contributed by atoms with Crippen molar-refractivity contribution in [1.29, 1.82) is 0 Å². The van der Waals surface area contributed by atoms with Crippen LogP contribution in [-0.2, 0) is 9.47 Å². The highest BCUT2D eigenvalue weighted by molar-refractivity contribution is 4.91. The Morgan fingerprint density at radius 3 is 1.69 bits per heavy atom. The van der Waals surface area contributed by atoms with Gasteiger partial charge in [0.1, 0.15) is 0 Å². The monoisotopic (exact) mass is 186 g/mol. The summed E-state index contributed by atoms with van der Waals surface area (Å²) in [5.74, 6) is 1.62. The minimum atomic E-state index is 0.294. The van der Waals surface area contributed by atoms with Crippen molar-refractivity contribution in [2.24, 2.45) is 17.3 Å². The van der Waals surface area contributed by atoms with Gasteiger partial charge in [-0.05, 0) is 24.7 Å². The van der Waals surface area contributed by atoms with Crippen LogP contribution < -0.4 is 0 Å². The van der Waals surface area contributed by atoms with Crippen LogP contribution >= 0.6 is 0 Å². The van der Waals surface area contributed by atoms with E-state index in [0.29, 0.717) is 5.41 Å². The van der Waals surface area contributed by atoms with Crippen molar-refractivity contribution in [3.8, 4) is 0 Å². The number of rotatable bonds is 4. The van der Waals surface area contributed by atoms with Crippen LogP contribution in [0, 0.1) is 17.3 Å². The normalized spacial score (nSPS) is 32.3. The molecule has 0 N–H and O–H groups in total. The van der Waals surface area contributed by atoms with E-state index in [1.807, 2.05) is 0 Å². The fourth-order valence-corrected chi connectivity index (χ4v) is 2.74. The van der Waals surface area contributed by atoms with Crippen LogP contribution in [0.4, 0.5) is 0 Å². The third-order valence-electron chi connectivity index (χ3n) is 3.38. The van der Waals surface area contributed by atoms with Crippen molar-refractivity contribution >= 4 is 0 Å². The topological polar surface area (TPSA) is 18.5 Å². The zero-order valence-electron chi connectivity index (χ0n) is 9.30. The Bertz CT molecular complexity index is 138. The number of ether oxygens (including phenoxy) is 2. The molecule has 0 radical (unpaired) electrons. The fraction of sp³-hybridized carbons (Fsp3) is 1.00. The van der Waals surface area contributed by atoms with E-state index in [2.05, 4.69) is 13.8 Å². The summed E-state index contributed by atoms with van der Waals surface area (Å²) in [6, 6.07) is 0. The van der Waals surface area contributed by atoms with E-state index in [9.17, 15) is 0 Å². The molecule has 13 heavy (non-hydrogen) atoms. The third-order valence-corrected chi connectivity index (χ3v) is 3.38. The second-order valence-corrected chi connectivity index (χ2v) is 4.73. The van der Waals surface area contributed by atoms with Gasteiger partial charge in [-0.3, -0.25) is 0 Å². The van der Waals surface area contributed by atoms with Crippen LogP contribution in [0.25, 0.3) is 0 Å². The lowest BCUT2D eigenvalue weighted by atomic mass is 9.87. The quantitative estimate of drug-likeness (QED) is 0.671. The predicted molar refractivity (Wildman–Crippen MR) is 53.7 cm³/mol. The van der Waals surface area contributed by atoms with Crippen LogP contribution in [0.5, 0.6) is 0 Å². The molecular formula is C11H22O2. The van der Waals surface area contributed by atoms with Gasteiger partial charge in [-0.15, -0.1) is 0 Å². The fourth-order valence-electron chi connectivity index (χ4n) is 2.74. The molecule has 1 fully saturated rings. The van der Waals surface area contributed by atoms with Crippen LogP contribution in [0.2, 0.25) is 0 Å². The van der Waals surface area contributed by atoms with E-state index in [0.717, 1.165) is 25.0 Å². The van der Waals surface area contributed by atoms with Crippen LogP contribution in [0.15, 0.2) is 0 Å². The SMILES string of the molecule is COCC1(COC)C[C@@H](C)[C@H](C)C1. The molecule has 0 amide bonds. The van der Waals surface area contributed by atoms with E-state index in [-0.39, 0.29) is 0 Å². The first-order valence-corrected chi connectivity index (χ1v) is 5.11. The zero-order valence-corrected chi connectivity index (χ0v) is 9.30. The molecule has 2 nitrogen and oxygen atoms in total. The average Bonchev–Trinajstić information content (AvgIpc) is 2.29. The predicted octanol–water partition coefficient (Wildman–Crippen LogP) is 2.33. The van der Waals surface area contributed by atoms with Crippen molar-refractivity contribution in [1.82, 2.24) is 0 Å². The maximum absolute atomic E-state index is 5.30. The Morgan fingerprint density at radius 2 is 1.38 bits per heavy atom. The van der Waals surface area contributed by atoms with Crippen molar-refractivity contribution in [3.63, 3.8) is 0 Å². The zero-order chi connectivity index (χ0) is 9.90. The maximum atomic E-state index is 5.30. The molecule has 1 aliphatic carbocycles. The summed E-state index contributed by atoms with van der Waals surface area (Å²) in [7, 11) is 3.57. The summed E-state index contributed by atoms with van der Waals surface area (Å²) in [5.41, 5.74) is 0.294. The molecule has 0 aromatic heterocycles. The van der Waals surface area contributed by atoms with Gasteiger partial charge in [-0.2, -0.15) is 0 Å². The Balaban J connectivity index is 2.58. The van der Waals surface area contributed by atoms with Crippen molar-refractivity contribution < 1.29 is 9.47 Å². The molecule has 2 heteroatoms. The Hall–Kier alpha value is -0.0800. The Kier molecular flexibility index (Phi) is 3.74. The van der Waals surface area contributed by atoms with Crippen LogP contribution in [0.3, 0.4) is 0 Å². The highest BCUT2D eigenvalue weighted by atomic mass is 16.5. The highest BCUT2D eigenvalue weighted by Crippen LogP contribution is 2.45. The molecule has 1 aliphatic rings. The van der Waals surface area contributed by atoms with E-state index in [1.54, 1.807) is 14.2 Å². The average molecular weight is 186 g/mol. The van der Waals surface area contributed by atoms with Gasteiger partial charge in [-0.25, -0.2) is 0 Å². The molecule has 0 aromatic rings. The summed E-state index contributed by atoms with van der Waals surface area (Å²) < 4.78 is 10.6. The van der Waals surface area contributed by atoms with Crippen molar-refractivity contribution in [3.05, 3.63) is 0 Å². The van der Waals surface area contributed by atoms with E-state index >= 15 is 0 Å². The van der Waals surface area contributed by atoms with Crippen LogP contribution in [-0.4, -0.2) is 27.4 Å².